The summed E-state index contributed by atoms with van der Waals surface area (Å²) in [6.45, 7) is 0.300. The molecule has 30 heavy (non-hydrogen) atoms. The smallest absolute Gasteiger partial charge is 0.260 e. The predicted octanol–water partition coefficient (Wildman–Crippen LogP) is 3.53. The van der Waals surface area contributed by atoms with Gasteiger partial charge >= 0.3 is 0 Å². The standard InChI is InChI=1S/C23H21N3O3S/c24-23(28)20-14-26(18-11-5-6-12-19(18)29-20)15-22(27)25-17-10-4-7-13-21(17)30-16-8-2-1-3-9-16/h1-13,20H,14-15H2,(H2,24,28)(H,25,27). The van der Waals surface area contributed by atoms with Crippen LogP contribution in [0, 0.1) is 0 Å². The van der Waals surface area contributed by atoms with E-state index in [1.807, 2.05) is 77.7 Å². The van der Waals surface area contributed by atoms with Crippen molar-refractivity contribution in [1.82, 2.24) is 0 Å². The molecule has 0 aromatic heterocycles. The van der Waals surface area contributed by atoms with Crippen molar-refractivity contribution in [3.63, 3.8) is 0 Å². The molecule has 6 nitrogen and oxygen atoms in total. The van der Waals surface area contributed by atoms with Gasteiger partial charge in [-0.15, -0.1) is 0 Å². The Morgan fingerprint density at radius 1 is 1.00 bits per heavy atom. The number of hydrogen-bond acceptors (Lipinski definition) is 5. The molecular weight excluding hydrogens is 398 g/mol. The van der Waals surface area contributed by atoms with Crippen molar-refractivity contribution in [3.05, 3.63) is 78.9 Å². The Morgan fingerprint density at radius 3 is 2.50 bits per heavy atom. The van der Waals surface area contributed by atoms with Gasteiger partial charge in [-0.2, -0.15) is 0 Å². The number of benzene rings is 3. The third kappa shape index (κ3) is 4.58. The van der Waals surface area contributed by atoms with Crippen LogP contribution in [0.2, 0.25) is 0 Å². The highest BCUT2D eigenvalue weighted by Gasteiger charge is 2.30. The minimum atomic E-state index is -0.798. The first-order chi connectivity index (χ1) is 14.6. The Bertz CT molecular complexity index is 1060. The average Bonchev–Trinajstić information content (AvgIpc) is 2.75. The molecule has 4 rings (SSSR count). The van der Waals surface area contributed by atoms with E-state index in [4.69, 9.17) is 10.5 Å². The molecule has 3 N–H and O–H groups in total. The summed E-state index contributed by atoms with van der Waals surface area (Å²) in [4.78, 5) is 28.4. The molecule has 7 heteroatoms. The van der Waals surface area contributed by atoms with E-state index in [1.54, 1.807) is 17.8 Å². The van der Waals surface area contributed by atoms with Gasteiger partial charge in [0.2, 0.25) is 5.91 Å². The minimum absolute atomic E-state index is 0.0779. The van der Waals surface area contributed by atoms with Crippen molar-refractivity contribution < 1.29 is 14.3 Å². The first-order valence-corrected chi connectivity index (χ1v) is 10.3. The number of hydrogen-bond donors (Lipinski definition) is 2. The van der Waals surface area contributed by atoms with Gasteiger partial charge in [-0.25, -0.2) is 0 Å². The average molecular weight is 420 g/mol. The highest BCUT2D eigenvalue weighted by Crippen LogP contribution is 2.34. The molecular formula is C23H21N3O3S. The first kappa shape index (κ1) is 19.8. The molecule has 3 aromatic rings. The topological polar surface area (TPSA) is 84.7 Å². The number of ether oxygens (including phenoxy) is 1. The van der Waals surface area contributed by atoms with Crippen LogP contribution in [-0.2, 0) is 9.59 Å². The van der Waals surface area contributed by atoms with Crippen LogP contribution in [0.4, 0.5) is 11.4 Å². The molecule has 3 aromatic carbocycles. The van der Waals surface area contributed by atoms with Crippen LogP contribution in [0.25, 0.3) is 0 Å². The predicted molar refractivity (Wildman–Crippen MR) is 118 cm³/mol. The van der Waals surface area contributed by atoms with E-state index >= 15 is 0 Å². The monoisotopic (exact) mass is 419 g/mol. The van der Waals surface area contributed by atoms with Crippen molar-refractivity contribution in [2.45, 2.75) is 15.9 Å². The van der Waals surface area contributed by atoms with Crippen molar-refractivity contribution in [2.75, 3.05) is 23.3 Å². The van der Waals surface area contributed by atoms with E-state index < -0.39 is 12.0 Å². The highest BCUT2D eigenvalue weighted by molar-refractivity contribution is 7.99. The summed E-state index contributed by atoms with van der Waals surface area (Å²) in [6.07, 6.45) is -0.798. The molecule has 1 heterocycles. The second-order valence-corrected chi connectivity index (χ2v) is 7.93. The number of anilines is 2. The quantitative estimate of drug-likeness (QED) is 0.639. The van der Waals surface area contributed by atoms with Gasteiger partial charge < -0.3 is 20.7 Å². The Hall–Kier alpha value is -3.45. The summed E-state index contributed by atoms with van der Waals surface area (Å²) < 4.78 is 5.66. The normalized spacial score (nSPS) is 15.1. The maximum Gasteiger partial charge on any atom is 0.260 e. The van der Waals surface area contributed by atoms with Gasteiger partial charge in [-0.05, 0) is 36.4 Å². The summed E-state index contributed by atoms with van der Waals surface area (Å²) in [5.74, 6) is -0.198. The number of fused-ring (bicyclic) bond motifs is 1. The zero-order valence-electron chi connectivity index (χ0n) is 16.2. The Balaban J connectivity index is 1.50. The maximum absolute atomic E-state index is 12.9. The van der Waals surface area contributed by atoms with Crippen LogP contribution in [0.5, 0.6) is 5.75 Å². The van der Waals surface area contributed by atoms with Crippen LogP contribution < -0.4 is 20.7 Å². The fraction of sp³-hybridized carbons (Fsp3) is 0.130. The number of nitrogens with zero attached hydrogens (tertiary/aromatic N) is 1. The molecule has 0 bridgehead atoms. The van der Waals surface area contributed by atoms with Gasteiger partial charge in [0.15, 0.2) is 6.10 Å². The lowest BCUT2D eigenvalue weighted by Gasteiger charge is -2.34. The van der Waals surface area contributed by atoms with Gasteiger partial charge in [0.25, 0.3) is 5.91 Å². The Kier molecular flexibility index (Phi) is 5.90. The van der Waals surface area contributed by atoms with Crippen LogP contribution in [0.3, 0.4) is 0 Å². The SMILES string of the molecule is NC(=O)C1CN(CC(=O)Nc2ccccc2Sc2ccccc2)c2ccccc2O1. The number of amides is 2. The molecule has 2 amide bonds. The number of nitrogens with one attached hydrogen (secondary N) is 1. The molecule has 0 radical (unpaired) electrons. The molecule has 1 unspecified atom stereocenters. The lowest BCUT2D eigenvalue weighted by Crippen LogP contribution is -2.49. The van der Waals surface area contributed by atoms with Crippen LogP contribution in [0.1, 0.15) is 0 Å². The maximum atomic E-state index is 12.9. The van der Waals surface area contributed by atoms with Gasteiger partial charge in [0.05, 0.1) is 24.5 Å². The molecule has 0 aliphatic carbocycles. The largest absolute Gasteiger partial charge is 0.477 e. The van der Waals surface area contributed by atoms with Gasteiger partial charge in [-0.1, -0.05) is 54.2 Å². The van der Waals surface area contributed by atoms with Crippen LogP contribution in [-0.4, -0.2) is 31.0 Å². The van der Waals surface area contributed by atoms with E-state index in [-0.39, 0.29) is 19.0 Å². The van der Waals surface area contributed by atoms with Gasteiger partial charge in [0, 0.05) is 9.79 Å². The number of para-hydroxylation sites is 3. The molecule has 0 spiro atoms. The molecule has 1 aliphatic rings. The summed E-state index contributed by atoms with van der Waals surface area (Å²) in [5, 5.41) is 2.99. The molecule has 1 aliphatic heterocycles. The molecule has 0 saturated carbocycles. The van der Waals surface area contributed by atoms with Gasteiger partial charge in [0.1, 0.15) is 5.75 Å². The van der Waals surface area contributed by atoms with Crippen molar-refractivity contribution in [2.24, 2.45) is 5.73 Å². The van der Waals surface area contributed by atoms with E-state index in [9.17, 15) is 9.59 Å². The molecule has 0 fully saturated rings. The Labute approximate surface area is 179 Å². The third-order valence-corrected chi connectivity index (χ3v) is 5.73. The van der Waals surface area contributed by atoms with E-state index in [0.29, 0.717) is 5.75 Å². The van der Waals surface area contributed by atoms with Crippen LogP contribution in [0.15, 0.2) is 88.7 Å². The highest BCUT2D eigenvalue weighted by atomic mass is 32.2. The number of carbonyl (C=O) groups is 2. The minimum Gasteiger partial charge on any atom is -0.477 e. The van der Waals surface area contributed by atoms with E-state index in [2.05, 4.69) is 5.32 Å². The second-order valence-electron chi connectivity index (χ2n) is 6.82. The fourth-order valence-corrected chi connectivity index (χ4v) is 4.17. The van der Waals surface area contributed by atoms with E-state index in [0.717, 1.165) is 21.2 Å². The summed E-state index contributed by atoms with van der Waals surface area (Å²) in [6, 6.07) is 25.0. The van der Waals surface area contributed by atoms with Crippen molar-refractivity contribution in [3.8, 4) is 5.75 Å². The lowest BCUT2D eigenvalue weighted by molar-refractivity contribution is -0.125. The molecule has 0 saturated heterocycles. The van der Waals surface area contributed by atoms with Crippen molar-refractivity contribution >= 4 is 35.0 Å². The number of carbonyl (C=O) groups excluding carboxylic acids is 2. The second kappa shape index (κ2) is 8.92. The fourth-order valence-electron chi connectivity index (χ4n) is 3.24. The number of rotatable bonds is 6. The molecule has 1 atom stereocenters. The first-order valence-electron chi connectivity index (χ1n) is 9.52. The van der Waals surface area contributed by atoms with Gasteiger partial charge in [-0.3, -0.25) is 9.59 Å². The zero-order chi connectivity index (χ0) is 20.9. The van der Waals surface area contributed by atoms with Crippen molar-refractivity contribution in [1.29, 1.82) is 0 Å². The third-order valence-electron chi connectivity index (χ3n) is 4.65. The summed E-state index contributed by atoms with van der Waals surface area (Å²) in [7, 11) is 0. The Morgan fingerprint density at radius 2 is 1.70 bits per heavy atom. The van der Waals surface area contributed by atoms with E-state index in [1.165, 1.54) is 0 Å². The van der Waals surface area contributed by atoms with Crippen LogP contribution >= 0.6 is 11.8 Å². The number of primary amides is 1. The summed E-state index contributed by atoms with van der Waals surface area (Å²) in [5.41, 5.74) is 6.94. The zero-order valence-corrected chi connectivity index (χ0v) is 17.0. The summed E-state index contributed by atoms with van der Waals surface area (Å²) >= 11 is 1.59. The number of nitrogens with two attached hydrogens (primary N) is 1. The molecule has 152 valence electrons. The lowest BCUT2D eigenvalue weighted by atomic mass is 10.1.